The van der Waals surface area contributed by atoms with Gasteiger partial charge in [0, 0.05) is 11.0 Å². The molecule has 0 unspecified atom stereocenters. The second-order valence-corrected chi connectivity index (χ2v) is 7.70. The third-order valence-electron chi connectivity index (χ3n) is 2.63. The SMILES string of the molecule is CN(CC(=O)c1ccc(Br)s1)Cc1ccc(Br)cc1. The average molecular weight is 403 g/mol. The largest absolute Gasteiger partial charge is 0.295 e. The number of likely N-dealkylation sites (N-methyl/N-ethyl adjacent to an activating group) is 1. The lowest BCUT2D eigenvalue weighted by Gasteiger charge is -2.15. The summed E-state index contributed by atoms with van der Waals surface area (Å²) in [5.74, 6) is 0.162. The monoisotopic (exact) mass is 401 g/mol. The highest BCUT2D eigenvalue weighted by molar-refractivity contribution is 9.11. The summed E-state index contributed by atoms with van der Waals surface area (Å²) >= 11 is 8.27. The highest BCUT2D eigenvalue weighted by atomic mass is 79.9. The lowest BCUT2D eigenvalue weighted by atomic mass is 10.2. The zero-order valence-electron chi connectivity index (χ0n) is 10.4. The first-order valence-corrected chi connectivity index (χ1v) is 8.16. The van der Waals surface area contributed by atoms with Crippen LogP contribution in [0.5, 0.6) is 0 Å². The molecule has 2 aromatic rings. The molecule has 2 rings (SSSR count). The highest BCUT2D eigenvalue weighted by Crippen LogP contribution is 2.22. The van der Waals surface area contributed by atoms with E-state index in [1.807, 2.05) is 36.2 Å². The van der Waals surface area contributed by atoms with Crippen LogP contribution < -0.4 is 0 Å². The smallest absolute Gasteiger partial charge is 0.186 e. The van der Waals surface area contributed by atoms with Crippen molar-refractivity contribution < 1.29 is 4.79 Å². The Hall–Kier alpha value is -0.490. The van der Waals surface area contributed by atoms with E-state index in [0.29, 0.717) is 6.54 Å². The summed E-state index contributed by atoms with van der Waals surface area (Å²) in [6.07, 6.45) is 0. The summed E-state index contributed by atoms with van der Waals surface area (Å²) in [6.45, 7) is 1.20. The van der Waals surface area contributed by atoms with Crippen molar-refractivity contribution in [3.05, 3.63) is 55.1 Å². The van der Waals surface area contributed by atoms with Gasteiger partial charge >= 0.3 is 0 Å². The molecule has 0 saturated heterocycles. The van der Waals surface area contributed by atoms with E-state index >= 15 is 0 Å². The molecule has 0 radical (unpaired) electrons. The van der Waals surface area contributed by atoms with Gasteiger partial charge in [0.1, 0.15) is 0 Å². The molecule has 0 aliphatic carbocycles. The number of Topliss-reactive ketones (excluding diaryl/α,β-unsaturated/α-hetero) is 1. The zero-order valence-corrected chi connectivity index (χ0v) is 14.4. The average Bonchev–Trinajstić information content (AvgIpc) is 2.79. The first-order chi connectivity index (χ1) is 9.04. The minimum Gasteiger partial charge on any atom is -0.295 e. The van der Waals surface area contributed by atoms with Crippen LogP contribution in [0.2, 0.25) is 0 Å². The molecule has 0 fully saturated rings. The van der Waals surface area contributed by atoms with Crippen molar-refractivity contribution in [1.82, 2.24) is 4.90 Å². The van der Waals surface area contributed by atoms with Gasteiger partial charge in [-0.15, -0.1) is 11.3 Å². The summed E-state index contributed by atoms with van der Waals surface area (Å²) in [5.41, 5.74) is 1.20. The van der Waals surface area contributed by atoms with Crippen molar-refractivity contribution >= 4 is 49.0 Å². The molecule has 0 bridgehead atoms. The fourth-order valence-corrected chi connectivity index (χ4v) is 3.32. The maximum Gasteiger partial charge on any atom is 0.186 e. The van der Waals surface area contributed by atoms with Crippen molar-refractivity contribution in [2.75, 3.05) is 13.6 Å². The van der Waals surface area contributed by atoms with Crippen molar-refractivity contribution in [2.45, 2.75) is 6.54 Å². The second kappa shape index (κ2) is 6.79. The van der Waals surface area contributed by atoms with Crippen molar-refractivity contribution in [3.8, 4) is 0 Å². The van der Waals surface area contributed by atoms with Crippen LogP contribution >= 0.6 is 43.2 Å². The predicted molar refractivity (Wildman–Crippen MR) is 86.8 cm³/mol. The van der Waals surface area contributed by atoms with E-state index in [0.717, 1.165) is 19.7 Å². The van der Waals surface area contributed by atoms with Crippen LogP contribution in [0.3, 0.4) is 0 Å². The zero-order chi connectivity index (χ0) is 13.8. The quantitative estimate of drug-likeness (QED) is 0.681. The molecular formula is C14H13Br2NOS. The standard InChI is InChI=1S/C14H13Br2NOS/c1-17(8-10-2-4-11(15)5-3-10)9-12(18)13-6-7-14(16)19-13/h2-7H,8-9H2,1H3. The topological polar surface area (TPSA) is 20.3 Å². The van der Waals surface area contributed by atoms with Crippen LogP contribution in [0.4, 0.5) is 0 Å². The van der Waals surface area contributed by atoms with Crippen LogP contribution in [0.15, 0.2) is 44.7 Å². The Morgan fingerprint density at radius 2 is 1.84 bits per heavy atom. The first-order valence-electron chi connectivity index (χ1n) is 5.76. The van der Waals surface area contributed by atoms with Gasteiger partial charge in [-0.05, 0) is 52.8 Å². The third-order valence-corrected chi connectivity index (χ3v) is 4.82. The lowest BCUT2D eigenvalue weighted by Crippen LogP contribution is -2.25. The van der Waals surface area contributed by atoms with E-state index in [1.165, 1.54) is 16.9 Å². The van der Waals surface area contributed by atoms with Gasteiger partial charge < -0.3 is 0 Å². The Labute approximate surface area is 133 Å². The molecule has 0 spiro atoms. The van der Waals surface area contributed by atoms with Gasteiger partial charge in [-0.2, -0.15) is 0 Å². The Balaban J connectivity index is 1.92. The van der Waals surface area contributed by atoms with E-state index in [9.17, 15) is 4.79 Å². The Kier molecular flexibility index (Phi) is 5.33. The number of thiophene rings is 1. The number of nitrogens with zero attached hydrogens (tertiary/aromatic N) is 1. The second-order valence-electron chi connectivity index (χ2n) is 4.33. The Morgan fingerprint density at radius 3 is 2.42 bits per heavy atom. The van der Waals surface area contributed by atoms with Crippen LogP contribution in [0, 0.1) is 0 Å². The molecule has 1 heterocycles. The number of carbonyl (C=O) groups is 1. The predicted octanol–water partition coefficient (Wildman–Crippen LogP) is 4.59. The lowest BCUT2D eigenvalue weighted by molar-refractivity contribution is 0.0947. The summed E-state index contributed by atoms with van der Waals surface area (Å²) in [5, 5.41) is 0. The van der Waals surface area contributed by atoms with Crippen molar-refractivity contribution in [2.24, 2.45) is 0 Å². The van der Waals surface area contributed by atoms with Gasteiger partial charge in [0.2, 0.25) is 0 Å². The maximum absolute atomic E-state index is 12.1. The summed E-state index contributed by atoms with van der Waals surface area (Å²) in [6, 6.07) is 11.9. The fraction of sp³-hybridized carbons (Fsp3) is 0.214. The number of rotatable bonds is 5. The molecule has 100 valence electrons. The van der Waals surface area contributed by atoms with Gasteiger partial charge in [0.15, 0.2) is 5.78 Å². The molecule has 2 nitrogen and oxygen atoms in total. The van der Waals surface area contributed by atoms with Gasteiger partial charge in [0.05, 0.1) is 15.2 Å². The van der Waals surface area contributed by atoms with Crippen LogP contribution in [0.1, 0.15) is 15.2 Å². The Morgan fingerprint density at radius 1 is 1.16 bits per heavy atom. The van der Waals surface area contributed by atoms with Crippen LogP contribution in [-0.2, 0) is 6.54 Å². The molecule has 0 aliphatic heterocycles. The Bertz CT molecular complexity index is 565. The van der Waals surface area contributed by atoms with Crippen LogP contribution in [0.25, 0.3) is 0 Å². The van der Waals surface area contributed by atoms with E-state index in [-0.39, 0.29) is 5.78 Å². The number of carbonyl (C=O) groups excluding carboxylic acids is 1. The third kappa shape index (κ3) is 4.53. The summed E-state index contributed by atoms with van der Waals surface area (Å²) in [7, 11) is 1.96. The van der Waals surface area contributed by atoms with Crippen molar-refractivity contribution in [3.63, 3.8) is 0 Å². The van der Waals surface area contributed by atoms with Gasteiger partial charge in [-0.1, -0.05) is 28.1 Å². The van der Waals surface area contributed by atoms with Crippen LogP contribution in [-0.4, -0.2) is 24.3 Å². The number of hydrogen-bond donors (Lipinski definition) is 0. The molecule has 0 N–H and O–H groups in total. The minimum atomic E-state index is 0.162. The molecule has 5 heteroatoms. The van der Waals surface area contributed by atoms with Gasteiger partial charge in [0.25, 0.3) is 0 Å². The molecule has 0 atom stereocenters. The number of benzene rings is 1. The molecule has 0 saturated carbocycles. The molecule has 0 amide bonds. The van der Waals surface area contributed by atoms with Gasteiger partial charge in [-0.3, -0.25) is 9.69 Å². The number of ketones is 1. The minimum absolute atomic E-state index is 0.162. The van der Waals surface area contributed by atoms with Crippen molar-refractivity contribution in [1.29, 1.82) is 0 Å². The number of hydrogen-bond acceptors (Lipinski definition) is 3. The summed E-state index contributed by atoms with van der Waals surface area (Å²) < 4.78 is 2.06. The van der Waals surface area contributed by atoms with E-state index < -0.39 is 0 Å². The first kappa shape index (κ1) is 14.9. The van der Waals surface area contributed by atoms with E-state index in [4.69, 9.17) is 0 Å². The maximum atomic E-state index is 12.1. The molecule has 19 heavy (non-hydrogen) atoms. The van der Waals surface area contributed by atoms with E-state index in [2.05, 4.69) is 44.0 Å². The molecule has 1 aromatic heterocycles. The summed E-state index contributed by atoms with van der Waals surface area (Å²) in [4.78, 5) is 14.9. The fourth-order valence-electron chi connectivity index (χ4n) is 1.74. The normalized spacial score (nSPS) is 10.9. The highest BCUT2D eigenvalue weighted by Gasteiger charge is 2.11. The molecular weight excluding hydrogens is 390 g/mol. The number of halogens is 2. The molecule has 1 aromatic carbocycles. The molecule has 0 aliphatic rings. The van der Waals surface area contributed by atoms with E-state index in [1.54, 1.807) is 0 Å². The van der Waals surface area contributed by atoms with Gasteiger partial charge in [-0.25, -0.2) is 0 Å².